The zero-order valence-corrected chi connectivity index (χ0v) is 18.5. The smallest absolute Gasteiger partial charge is 0.244 e. The molecule has 7 heteroatoms. The summed E-state index contributed by atoms with van der Waals surface area (Å²) in [5, 5.41) is 4.08. The van der Waals surface area contributed by atoms with Gasteiger partial charge in [-0.2, -0.15) is 4.98 Å². The maximum absolute atomic E-state index is 13.9. The third-order valence-electron chi connectivity index (χ3n) is 6.44. The van der Waals surface area contributed by atoms with Gasteiger partial charge < -0.3 is 9.42 Å². The molecule has 0 N–H and O–H groups in total. The number of hydrogen-bond donors (Lipinski definition) is 0. The number of piperidine rings is 1. The molecule has 0 aliphatic carbocycles. The van der Waals surface area contributed by atoms with Crippen LogP contribution in [0.3, 0.4) is 0 Å². The van der Waals surface area contributed by atoms with Crippen molar-refractivity contribution in [2.75, 3.05) is 26.7 Å². The average molecular weight is 424 g/mol. The van der Waals surface area contributed by atoms with Crippen molar-refractivity contribution >= 4 is 0 Å². The second-order valence-corrected chi connectivity index (χ2v) is 8.44. The number of rotatable bonds is 7. The molecule has 1 aromatic carbocycles. The fraction of sp³-hybridized carbons (Fsp3) is 0.458. The molecule has 0 spiro atoms. The summed E-state index contributed by atoms with van der Waals surface area (Å²) in [7, 11) is 2.12. The van der Waals surface area contributed by atoms with E-state index in [4.69, 9.17) is 4.52 Å². The molecule has 1 atom stereocenters. The number of aromatic nitrogens is 3. The van der Waals surface area contributed by atoms with Gasteiger partial charge in [0.2, 0.25) is 11.7 Å². The third-order valence-corrected chi connectivity index (χ3v) is 6.44. The summed E-state index contributed by atoms with van der Waals surface area (Å²) in [6, 6.07) is 9.67. The number of halogens is 1. The maximum Gasteiger partial charge on any atom is 0.244 e. The van der Waals surface area contributed by atoms with Gasteiger partial charge in [-0.1, -0.05) is 17.3 Å². The molecule has 2 aromatic heterocycles. The van der Waals surface area contributed by atoms with Crippen molar-refractivity contribution in [2.24, 2.45) is 0 Å². The molecule has 0 radical (unpaired) electrons. The highest BCUT2D eigenvalue weighted by Crippen LogP contribution is 2.27. The number of pyridine rings is 1. The SMILES string of the molecule is Cc1ccc(-c2noc([C@H](C)N(C)C3CCN(CCc4ccncc4)CC3)n2)cc1F. The molecule has 0 amide bonds. The summed E-state index contributed by atoms with van der Waals surface area (Å²) in [5.74, 6) is 0.739. The molecule has 0 saturated carbocycles. The maximum atomic E-state index is 13.9. The Bertz CT molecular complexity index is 985. The van der Waals surface area contributed by atoms with E-state index in [1.807, 2.05) is 18.5 Å². The first-order chi connectivity index (χ1) is 15.0. The van der Waals surface area contributed by atoms with Crippen molar-refractivity contribution in [3.63, 3.8) is 0 Å². The van der Waals surface area contributed by atoms with Gasteiger partial charge in [-0.05, 0) is 82.6 Å². The van der Waals surface area contributed by atoms with Crippen LogP contribution in [0.5, 0.6) is 0 Å². The quantitative estimate of drug-likeness (QED) is 0.565. The van der Waals surface area contributed by atoms with Gasteiger partial charge in [-0.15, -0.1) is 0 Å². The minimum Gasteiger partial charge on any atom is -0.337 e. The molecule has 0 bridgehead atoms. The standard InChI is InChI=1S/C24H30FN5O/c1-17-4-5-20(16-22(17)25)23-27-24(31-28-23)18(2)29(3)21-9-14-30(15-10-21)13-8-19-6-11-26-12-7-19/h4-7,11-12,16,18,21H,8-10,13-15H2,1-3H3/t18-/m0/s1. The summed E-state index contributed by atoms with van der Waals surface area (Å²) < 4.78 is 19.4. The van der Waals surface area contributed by atoms with Crippen molar-refractivity contribution in [1.82, 2.24) is 24.9 Å². The molecule has 1 aliphatic rings. The van der Waals surface area contributed by atoms with Gasteiger partial charge in [0.05, 0.1) is 6.04 Å². The van der Waals surface area contributed by atoms with Crippen LogP contribution in [0.1, 0.15) is 42.8 Å². The average Bonchev–Trinajstić information content (AvgIpc) is 3.30. The second kappa shape index (κ2) is 9.66. The van der Waals surface area contributed by atoms with E-state index < -0.39 is 0 Å². The predicted molar refractivity (Wildman–Crippen MR) is 118 cm³/mol. The Hall–Kier alpha value is -2.64. The number of nitrogens with zero attached hydrogens (tertiary/aromatic N) is 5. The third kappa shape index (κ3) is 5.17. The Balaban J connectivity index is 1.31. The molecule has 3 aromatic rings. The summed E-state index contributed by atoms with van der Waals surface area (Å²) >= 11 is 0. The molecule has 31 heavy (non-hydrogen) atoms. The van der Waals surface area contributed by atoms with Crippen LogP contribution < -0.4 is 0 Å². The first kappa shape index (κ1) is 21.6. The van der Waals surface area contributed by atoms with Crippen LogP contribution in [0.2, 0.25) is 0 Å². The van der Waals surface area contributed by atoms with Crippen molar-refractivity contribution in [2.45, 2.75) is 45.2 Å². The Kier molecular flexibility index (Phi) is 6.73. The lowest BCUT2D eigenvalue weighted by Gasteiger charge is -2.38. The minimum absolute atomic E-state index is 0.00455. The molecular weight excluding hydrogens is 393 g/mol. The highest BCUT2D eigenvalue weighted by Gasteiger charge is 2.28. The van der Waals surface area contributed by atoms with E-state index in [2.05, 4.69) is 51.0 Å². The van der Waals surface area contributed by atoms with E-state index in [-0.39, 0.29) is 11.9 Å². The van der Waals surface area contributed by atoms with Gasteiger partial charge in [0.15, 0.2) is 0 Å². The molecular formula is C24H30FN5O. The van der Waals surface area contributed by atoms with Crippen LogP contribution in [0.15, 0.2) is 47.2 Å². The van der Waals surface area contributed by atoms with Gasteiger partial charge in [-0.25, -0.2) is 4.39 Å². The zero-order chi connectivity index (χ0) is 21.8. The molecule has 164 valence electrons. The molecule has 1 saturated heterocycles. The molecule has 1 fully saturated rings. The first-order valence-electron chi connectivity index (χ1n) is 10.9. The zero-order valence-electron chi connectivity index (χ0n) is 18.5. The summed E-state index contributed by atoms with van der Waals surface area (Å²) in [4.78, 5) is 13.5. The summed E-state index contributed by atoms with van der Waals surface area (Å²) in [6.07, 6.45) is 7.00. The lowest BCUT2D eigenvalue weighted by atomic mass is 10.0. The lowest BCUT2D eigenvalue weighted by molar-refractivity contribution is 0.0894. The monoisotopic (exact) mass is 423 g/mol. The summed E-state index contributed by atoms with van der Waals surface area (Å²) in [5.41, 5.74) is 2.58. The minimum atomic E-state index is -0.260. The van der Waals surface area contributed by atoms with E-state index in [9.17, 15) is 4.39 Å². The van der Waals surface area contributed by atoms with Crippen LogP contribution in [-0.2, 0) is 6.42 Å². The number of benzene rings is 1. The van der Waals surface area contributed by atoms with Crippen LogP contribution in [0.25, 0.3) is 11.4 Å². The number of hydrogen-bond acceptors (Lipinski definition) is 6. The van der Waals surface area contributed by atoms with Crippen molar-refractivity contribution in [1.29, 1.82) is 0 Å². The number of likely N-dealkylation sites (tertiary alicyclic amines) is 1. The fourth-order valence-corrected chi connectivity index (χ4v) is 4.13. The first-order valence-corrected chi connectivity index (χ1v) is 10.9. The van der Waals surface area contributed by atoms with Gasteiger partial charge >= 0.3 is 0 Å². The largest absolute Gasteiger partial charge is 0.337 e. The van der Waals surface area contributed by atoms with E-state index in [0.717, 1.165) is 38.9 Å². The molecule has 0 unspecified atom stereocenters. The Labute approximate surface area is 183 Å². The fourth-order valence-electron chi connectivity index (χ4n) is 4.13. The normalized spacial score (nSPS) is 16.7. The highest BCUT2D eigenvalue weighted by atomic mass is 19.1. The Morgan fingerprint density at radius 1 is 1.19 bits per heavy atom. The van der Waals surface area contributed by atoms with Crippen molar-refractivity contribution < 1.29 is 8.91 Å². The predicted octanol–water partition coefficient (Wildman–Crippen LogP) is 4.28. The highest BCUT2D eigenvalue weighted by molar-refractivity contribution is 5.55. The molecule has 1 aliphatic heterocycles. The van der Waals surface area contributed by atoms with E-state index >= 15 is 0 Å². The van der Waals surface area contributed by atoms with Crippen LogP contribution in [0.4, 0.5) is 4.39 Å². The lowest BCUT2D eigenvalue weighted by Crippen LogP contribution is -2.44. The topological polar surface area (TPSA) is 58.3 Å². The van der Waals surface area contributed by atoms with Crippen LogP contribution in [-0.4, -0.2) is 57.6 Å². The molecule has 6 nitrogen and oxygen atoms in total. The van der Waals surface area contributed by atoms with Crippen LogP contribution >= 0.6 is 0 Å². The van der Waals surface area contributed by atoms with Gasteiger partial charge in [0.1, 0.15) is 5.82 Å². The van der Waals surface area contributed by atoms with Crippen molar-refractivity contribution in [3.8, 4) is 11.4 Å². The number of aryl methyl sites for hydroxylation is 1. The summed E-state index contributed by atoms with van der Waals surface area (Å²) in [6.45, 7) is 7.08. The van der Waals surface area contributed by atoms with E-state index in [1.165, 1.54) is 11.6 Å². The van der Waals surface area contributed by atoms with E-state index in [1.54, 1.807) is 13.0 Å². The van der Waals surface area contributed by atoms with Gasteiger partial charge in [-0.3, -0.25) is 9.88 Å². The molecule has 3 heterocycles. The van der Waals surface area contributed by atoms with E-state index in [0.29, 0.717) is 28.9 Å². The van der Waals surface area contributed by atoms with Crippen molar-refractivity contribution in [3.05, 3.63) is 65.6 Å². The van der Waals surface area contributed by atoms with Gasteiger partial charge in [0.25, 0.3) is 0 Å². The van der Waals surface area contributed by atoms with Gasteiger partial charge in [0, 0.05) is 30.5 Å². The Morgan fingerprint density at radius 3 is 2.65 bits per heavy atom. The molecule has 4 rings (SSSR count). The second-order valence-electron chi connectivity index (χ2n) is 8.44. The van der Waals surface area contributed by atoms with Crippen LogP contribution in [0, 0.1) is 12.7 Å². The Morgan fingerprint density at radius 2 is 1.94 bits per heavy atom.